The molecule has 0 fully saturated rings. The highest BCUT2D eigenvalue weighted by molar-refractivity contribution is 7.89. The molecule has 0 amide bonds. The highest BCUT2D eigenvalue weighted by Crippen LogP contribution is 2.11. The summed E-state index contributed by atoms with van der Waals surface area (Å²) in [4.78, 5) is 0.203. The summed E-state index contributed by atoms with van der Waals surface area (Å²) in [5, 5.41) is 0. The van der Waals surface area contributed by atoms with Crippen molar-refractivity contribution in [3.05, 3.63) is 24.3 Å². The third-order valence-corrected chi connectivity index (χ3v) is 3.05. The van der Waals surface area contributed by atoms with E-state index in [1.807, 2.05) is 13.8 Å². The Kier molecular flexibility index (Phi) is 5.96. The van der Waals surface area contributed by atoms with Crippen LogP contribution in [0.15, 0.2) is 29.2 Å². The molecule has 0 heterocycles. The molecule has 15 heavy (non-hydrogen) atoms. The highest BCUT2D eigenvalue weighted by atomic mass is 32.2. The summed E-state index contributed by atoms with van der Waals surface area (Å²) in [5.41, 5.74) is 5.90. The molecule has 86 valence electrons. The molecule has 0 bridgehead atoms. The lowest BCUT2D eigenvalue weighted by atomic mass is 10.3. The van der Waals surface area contributed by atoms with E-state index in [2.05, 4.69) is 4.72 Å². The predicted molar refractivity (Wildman–Crippen MR) is 63.1 cm³/mol. The predicted octanol–water partition coefficient (Wildman–Crippen LogP) is 1.59. The van der Waals surface area contributed by atoms with E-state index >= 15 is 0 Å². The third kappa shape index (κ3) is 4.31. The molecule has 1 aromatic rings. The highest BCUT2D eigenvalue weighted by Gasteiger charge is 2.11. The van der Waals surface area contributed by atoms with E-state index in [-0.39, 0.29) is 4.90 Å². The summed E-state index contributed by atoms with van der Waals surface area (Å²) < 4.78 is 25.2. The van der Waals surface area contributed by atoms with Crippen LogP contribution in [0.25, 0.3) is 0 Å². The summed E-state index contributed by atoms with van der Waals surface area (Å²) in [5.74, 6) is 0. The van der Waals surface area contributed by atoms with Gasteiger partial charge in [0.1, 0.15) is 0 Å². The largest absolute Gasteiger partial charge is 0.399 e. The van der Waals surface area contributed by atoms with Gasteiger partial charge in [0.05, 0.1) is 4.90 Å². The summed E-state index contributed by atoms with van der Waals surface area (Å²) in [6.45, 7) is 6.10. The Balaban J connectivity index is 0.000000921. The summed E-state index contributed by atoms with van der Waals surface area (Å²) in [6, 6.07) is 6.19. The normalized spacial score (nSPS) is 10.3. The Bertz CT molecular complexity index is 388. The first kappa shape index (κ1) is 13.9. The van der Waals surface area contributed by atoms with Gasteiger partial charge in [0.2, 0.25) is 10.0 Å². The van der Waals surface area contributed by atoms with Gasteiger partial charge in [-0.1, -0.05) is 26.8 Å². The van der Waals surface area contributed by atoms with E-state index < -0.39 is 10.0 Å². The van der Waals surface area contributed by atoms with Crippen LogP contribution in [0.3, 0.4) is 0 Å². The number of benzene rings is 1. The lowest BCUT2D eigenvalue weighted by molar-refractivity contribution is 0.584. The Morgan fingerprint density at radius 3 is 2.40 bits per heavy atom. The van der Waals surface area contributed by atoms with Crippen LogP contribution in [-0.2, 0) is 10.0 Å². The van der Waals surface area contributed by atoms with Crippen molar-refractivity contribution in [2.75, 3.05) is 12.3 Å². The van der Waals surface area contributed by atoms with Crippen molar-refractivity contribution in [1.29, 1.82) is 0 Å². The van der Waals surface area contributed by atoms with Crippen LogP contribution in [0.4, 0.5) is 5.69 Å². The molecule has 5 heteroatoms. The zero-order valence-electron chi connectivity index (χ0n) is 9.32. The molecule has 1 rings (SSSR count). The molecular formula is C10H18N2O2S. The van der Waals surface area contributed by atoms with Crippen LogP contribution in [0.2, 0.25) is 0 Å². The minimum atomic E-state index is -3.36. The molecular weight excluding hydrogens is 212 g/mol. The number of nitrogen functional groups attached to an aromatic ring is 1. The van der Waals surface area contributed by atoms with Crippen molar-refractivity contribution < 1.29 is 8.42 Å². The standard InChI is InChI=1S/C8H12N2O2S.C2H6/c1-2-10-13(11,12)8-5-3-4-7(9)6-8;1-2/h3-6,10H,2,9H2,1H3;1-2H3. The molecule has 3 N–H and O–H groups in total. The molecule has 0 aromatic heterocycles. The Morgan fingerprint density at radius 2 is 1.93 bits per heavy atom. The first-order chi connectivity index (χ1) is 7.06. The SMILES string of the molecule is CC.CCNS(=O)(=O)c1cccc(N)c1. The molecule has 0 spiro atoms. The monoisotopic (exact) mass is 230 g/mol. The van der Waals surface area contributed by atoms with Crippen molar-refractivity contribution in [3.8, 4) is 0 Å². The van der Waals surface area contributed by atoms with Gasteiger partial charge in [-0.05, 0) is 18.2 Å². The first-order valence-electron chi connectivity index (χ1n) is 4.91. The second-order valence-electron chi connectivity index (χ2n) is 2.57. The lowest BCUT2D eigenvalue weighted by Gasteiger charge is -2.04. The molecule has 0 saturated carbocycles. The molecule has 0 radical (unpaired) electrons. The molecule has 0 saturated heterocycles. The second-order valence-corrected chi connectivity index (χ2v) is 4.34. The fourth-order valence-electron chi connectivity index (χ4n) is 0.955. The van der Waals surface area contributed by atoms with Crippen molar-refractivity contribution in [2.45, 2.75) is 25.7 Å². The summed E-state index contributed by atoms with van der Waals surface area (Å²) >= 11 is 0. The van der Waals surface area contributed by atoms with Crippen molar-refractivity contribution in [3.63, 3.8) is 0 Å². The van der Waals surface area contributed by atoms with Crippen LogP contribution >= 0.6 is 0 Å². The van der Waals surface area contributed by atoms with Gasteiger partial charge < -0.3 is 5.73 Å². The van der Waals surface area contributed by atoms with Crippen LogP contribution < -0.4 is 10.5 Å². The lowest BCUT2D eigenvalue weighted by Crippen LogP contribution is -2.23. The van der Waals surface area contributed by atoms with E-state index in [1.165, 1.54) is 12.1 Å². The second kappa shape index (κ2) is 6.42. The summed E-state index contributed by atoms with van der Waals surface area (Å²) in [6.07, 6.45) is 0. The van der Waals surface area contributed by atoms with Crippen LogP contribution in [0.5, 0.6) is 0 Å². The van der Waals surface area contributed by atoms with Gasteiger partial charge >= 0.3 is 0 Å². The third-order valence-electron chi connectivity index (χ3n) is 1.50. The van der Waals surface area contributed by atoms with E-state index in [4.69, 9.17) is 5.73 Å². The maximum Gasteiger partial charge on any atom is 0.240 e. The van der Waals surface area contributed by atoms with Gasteiger partial charge in [-0.2, -0.15) is 0 Å². The van der Waals surface area contributed by atoms with E-state index in [0.717, 1.165) is 0 Å². The number of sulfonamides is 1. The number of anilines is 1. The topological polar surface area (TPSA) is 72.2 Å². The van der Waals surface area contributed by atoms with Gasteiger partial charge in [-0.3, -0.25) is 0 Å². The van der Waals surface area contributed by atoms with Crippen molar-refractivity contribution in [1.82, 2.24) is 4.72 Å². The van der Waals surface area contributed by atoms with E-state index in [0.29, 0.717) is 12.2 Å². The number of hydrogen-bond donors (Lipinski definition) is 2. The average molecular weight is 230 g/mol. The molecule has 0 aliphatic carbocycles. The maximum absolute atomic E-state index is 11.4. The van der Waals surface area contributed by atoms with Gasteiger partial charge in [-0.15, -0.1) is 0 Å². The molecule has 0 unspecified atom stereocenters. The molecule has 4 nitrogen and oxygen atoms in total. The quantitative estimate of drug-likeness (QED) is 0.775. The van der Waals surface area contributed by atoms with Gasteiger partial charge in [0.15, 0.2) is 0 Å². The van der Waals surface area contributed by atoms with E-state index in [9.17, 15) is 8.42 Å². The van der Waals surface area contributed by atoms with Crippen molar-refractivity contribution >= 4 is 15.7 Å². The Hall–Kier alpha value is -1.07. The Morgan fingerprint density at radius 1 is 1.33 bits per heavy atom. The smallest absolute Gasteiger partial charge is 0.240 e. The number of nitrogens with two attached hydrogens (primary N) is 1. The summed E-state index contributed by atoms with van der Waals surface area (Å²) in [7, 11) is -3.36. The van der Waals surface area contributed by atoms with Gasteiger partial charge in [0.25, 0.3) is 0 Å². The fraction of sp³-hybridized carbons (Fsp3) is 0.400. The number of nitrogens with one attached hydrogen (secondary N) is 1. The van der Waals surface area contributed by atoms with E-state index in [1.54, 1.807) is 19.1 Å². The Labute approximate surface area is 91.5 Å². The molecule has 1 aromatic carbocycles. The average Bonchev–Trinajstić information content (AvgIpc) is 2.21. The van der Waals surface area contributed by atoms with Crippen LogP contribution in [0, 0.1) is 0 Å². The zero-order valence-corrected chi connectivity index (χ0v) is 10.1. The molecule has 0 atom stereocenters. The van der Waals surface area contributed by atoms with Crippen LogP contribution in [0.1, 0.15) is 20.8 Å². The molecule has 0 aliphatic rings. The minimum absolute atomic E-state index is 0.203. The van der Waals surface area contributed by atoms with Crippen LogP contribution in [-0.4, -0.2) is 15.0 Å². The maximum atomic E-state index is 11.4. The first-order valence-corrected chi connectivity index (χ1v) is 6.40. The molecule has 0 aliphatic heterocycles. The number of hydrogen-bond acceptors (Lipinski definition) is 3. The van der Waals surface area contributed by atoms with Gasteiger partial charge in [0, 0.05) is 12.2 Å². The van der Waals surface area contributed by atoms with Crippen molar-refractivity contribution in [2.24, 2.45) is 0 Å². The minimum Gasteiger partial charge on any atom is -0.399 e. The van der Waals surface area contributed by atoms with Gasteiger partial charge in [-0.25, -0.2) is 13.1 Å². The number of rotatable bonds is 3. The fourth-order valence-corrected chi connectivity index (χ4v) is 2.05. The zero-order chi connectivity index (χ0) is 11.9.